The van der Waals surface area contributed by atoms with Crippen LogP contribution >= 0.6 is 11.6 Å². The van der Waals surface area contributed by atoms with E-state index in [1.165, 1.54) is 6.07 Å². The van der Waals surface area contributed by atoms with Gasteiger partial charge in [0, 0.05) is 10.6 Å². The summed E-state index contributed by atoms with van der Waals surface area (Å²) in [6, 6.07) is 4.81. The van der Waals surface area contributed by atoms with Crippen LogP contribution in [0.5, 0.6) is 0 Å². The molecule has 1 rings (SSSR count). The molecule has 0 unspecified atom stereocenters. The SMILES string of the molecule is CC(C)(C)NCCc1ccc(Cl)cc1F. The van der Waals surface area contributed by atoms with Gasteiger partial charge >= 0.3 is 0 Å². The standard InChI is InChI=1S/C12H17ClFN/c1-12(2,3)15-7-6-9-4-5-10(13)8-11(9)14/h4-5,8,15H,6-7H2,1-3H3. The van der Waals surface area contributed by atoms with Gasteiger partial charge in [0.15, 0.2) is 0 Å². The maximum atomic E-state index is 13.4. The van der Waals surface area contributed by atoms with E-state index in [0.717, 1.165) is 6.54 Å². The van der Waals surface area contributed by atoms with Gasteiger partial charge in [-0.05, 0) is 51.4 Å². The van der Waals surface area contributed by atoms with E-state index in [2.05, 4.69) is 26.1 Å². The summed E-state index contributed by atoms with van der Waals surface area (Å²) < 4.78 is 13.4. The van der Waals surface area contributed by atoms with E-state index < -0.39 is 0 Å². The monoisotopic (exact) mass is 229 g/mol. The van der Waals surface area contributed by atoms with Crippen molar-refractivity contribution in [3.05, 3.63) is 34.6 Å². The van der Waals surface area contributed by atoms with Gasteiger partial charge in [-0.3, -0.25) is 0 Å². The van der Waals surface area contributed by atoms with Crippen molar-refractivity contribution < 1.29 is 4.39 Å². The molecule has 0 spiro atoms. The summed E-state index contributed by atoms with van der Waals surface area (Å²) in [7, 11) is 0. The molecule has 1 N–H and O–H groups in total. The Bertz CT molecular complexity index is 331. The van der Waals surface area contributed by atoms with Crippen LogP contribution < -0.4 is 5.32 Å². The molecule has 0 atom stereocenters. The van der Waals surface area contributed by atoms with Crippen molar-refractivity contribution in [3.8, 4) is 0 Å². The summed E-state index contributed by atoms with van der Waals surface area (Å²) in [4.78, 5) is 0. The molecule has 0 aliphatic heterocycles. The number of hydrogen-bond acceptors (Lipinski definition) is 1. The molecule has 1 aromatic rings. The van der Waals surface area contributed by atoms with Gasteiger partial charge in [0.25, 0.3) is 0 Å². The van der Waals surface area contributed by atoms with E-state index in [1.54, 1.807) is 12.1 Å². The fraction of sp³-hybridized carbons (Fsp3) is 0.500. The Morgan fingerprint density at radius 1 is 1.33 bits per heavy atom. The first-order chi connectivity index (χ1) is 6.88. The van der Waals surface area contributed by atoms with Gasteiger partial charge in [-0.15, -0.1) is 0 Å². The van der Waals surface area contributed by atoms with E-state index in [4.69, 9.17) is 11.6 Å². The fourth-order valence-electron chi connectivity index (χ4n) is 1.30. The second-order valence-electron chi connectivity index (χ2n) is 4.66. The molecule has 3 heteroatoms. The molecule has 0 amide bonds. The number of nitrogens with one attached hydrogen (secondary N) is 1. The Hall–Kier alpha value is -0.600. The minimum absolute atomic E-state index is 0.0723. The van der Waals surface area contributed by atoms with E-state index in [-0.39, 0.29) is 11.4 Å². The number of hydrogen-bond donors (Lipinski definition) is 1. The predicted molar refractivity (Wildman–Crippen MR) is 62.9 cm³/mol. The highest BCUT2D eigenvalue weighted by molar-refractivity contribution is 6.30. The molecule has 0 heterocycles. The van der Waals surface area contributed by atoms with Crippen molar-refractivity contribution in [2.45, 2.75) is 32.7 Å². The van der Waals surface area contributed by atoms with Crippen LogP contribution in [0, 0.1) is 5.82 Å². The normalized spacial score (nSPS) is 11.8. The van der Waals surface area contributed by atoms with Crippen LogP contribution in [0.25, 0.3) is 0 Å². The average Bonchev–Trinajstić information content (AvgIpc) is 2.07. The van der Waals surface area contributed by atoms with Gasteiger partial charge in [0.05, 0.1) is 0 Å². The minimum Gasteiger partial charge on any atom is -0.312 e. The summed E-state index contributed by atoms with van der Waals surface area (Å²) in [5.74, 6) is -0.224. The fourth-order valence-corrected chi connectivity index (χ4v) is 1.46. The van der Waals surface area contributed by atoms with Crippen molar-refractivity contribution in [3.63, 3.8) is 0 Å². The molecule has 0 fully saturated rings. The smallest absolute Gasteiger partial charge is 0.127 e. The molecule has 0 aliphatic carbocycles. The van der Waals surface area contributed by atoms with Crippen LogP contribution in [-0.4, -0.2) is 12.1 Å². The van der Waals surface area contributed by atoms with Crippen molar-refractivity contribution in [2.24, 2.45) is 0 Å². The molecular weight excluding hydrogens is 213 g/mol. The van der Waals surface area contributed by atoms with E-state index in [1.807, 2.05) is 0 Å². The van der Waals surface area contributed by atoms with Gasteiger partial charge in [0.1, 0.15) is 5.82 Å². The van der Waals surface area contributed by atoms with Crippen LogP contribution in [0.3, 0.4) is 0 Å². The average molecular weight is 230 g/mol. The van der Waals surface area contributed by atoms with Crippen molar-refractivity contribution in [1.29, 1.82) is 0 Å². The maximum absolute atomic E-state index is 13.4. The highest BCUT2D eigenvalue weighted by Gasteiger charge is 2.09. The quantitative estimate of drug-likeness (QED) is 0.838. The molecule has 84 valence electrons. The lowest BCUT2D eigenvalue weighted by Gasteiger charge is -2.20. The summed E-state index contributed by atoms with van der Waals surface area (Å²) >= 11 is 5.67. The van der Waals surface area contributed by atoms with Crippen LogP contribution in [0.1, 0.15) is 26.3 Å². The summed E-state index contributed by atoms with van der Waals surface area (Å²) in [6.07, 6.45) is 0.681. The van der Waals surface area contributed by atoms with Gasteiger partial charge in [-0.25, -0.2) is 4.39 Å². The third-order valence-corrected chi connectivity index (χ3v) is 2.30. The molecule has 0 aliphatic rings. The molecule has 0 aromatic heterocycles. The Balaban J connectivity index is 2.51. The predicted octanol–water partition coefficient (Wildman–Crippen LogP) is 3.41. The Kier molecular flexibility index (Phi) is 4.12. The van der Waals surface area contributed by atoms with Crippen LogP contribution in [0.4, 0.5) is 4.39 Å². The van der Waals surface area contributed by atoms with Gasteiger partial charge in [-0.1, -0.05) is 17.7 Å². The highest BCUT2D eigenvalue weighted by atomic mass is 35.5. The molecule has 0 saturated carbocycles. The van der Waals surface area contributed by atoms with Crippen LogP contribution in [0.15, 0.2) is 18.2 Å². The number of halogens is 2. The first kappa shape index (κ1) is 12.5. The summed E-state index contributed by atoms with van der Waals surface area (Å²) in [6.45, 7) is 7.03. The Morgan fingerprint density at radius 2 is 2.00 bits per heavy atom. The Morgan fingerprint density at radius 3 is 2.53 bits per heavy atom. The number of rotatable bonds is 3. The van der Waals surface area contributed by atoms with E-state index in [0.29, 0.717) is 17.0 Å². The topological polar surface area (TPSA) is 12.0 Å². The molecular formula is C12H17ClFN. The zero-order chi connectivity index (χ0) is 11.5. The lowest BCUT2D eigenvalue weighted by atomic mass is 10.1. The molecule has 0 bridgehead atoms. The zero-order valence-corrected chi connectivity index (χ0v) is 10.2. The van der Waals surface area contributed by atoms with Gasteiger partial charge < -0.3 is 5.32 Å². The third kappa shape index (κ3) is 4.63. The van der Waals surface area contributed by atoms with Gasteiger partial charge in [-0.2, -0.15) is 0 Å². The summed E-state index contributed by atoms with van der Waals surface area (Å²) in [5.41, 5.74) is 0.777. The van der Waals surface area contributed by atoms with Crippen LogP contribution in [-0.2, 0) is 6.42 Å². The zero-order valence-electron chi connectivity index (χ0n) is 9.40. The van der Waals surface area contributed by atoms with E-state index in [9.17, 15) is 4.39 Å². The lowest BCUT2D eigenvalue weighted by molar-refractivity contribution is 0.427. The lowest BCUT2D eigenvalue weighted by Crippen LogP contribution is -2.37. The van der Waals surface area contributed by atoms with Crippen molar-refractivity contribution in [2.75, 3.05) is 6.54 Å². The largest absolute Gasteiger partial charge is 0.312 e. The van der Waals surface area contributed by atoms with Crippen molar-refractivity contribution in [1.82, 2.24) is 5.32 Å². The molecule has 15 heavy (non-hydrogen) atoms. The maximum Gasteiger partial charge on any atom is 0.127 e. The Labute approximate surface area is 95.6 Å². The van der Waals surface area contributed by atoms with Gasteiger partial charge in [0.2, 0.25) is 0 Å². The minimum atomic E-state index is -0.224. The summed E-state index contributed by atoms with van der Waals surface area (Å²) in [5, 5.41) is 3.76. The molecule has 1 nitrogen and oxygen atoms in total. The highest BCUT2D eigenvalue weighted by Crippen LogP contribution is 2.14. The van der Waals surface area contributed by atoms with E-state index >= 15 is 0 Å². The molecule has 0 radical (unpaired) electrons. The molecule has 0 saturated heterocycles. The first-order valence-electron chi connectivity index (χ1n) is 5.07. The third-order valence-electron chi connectivity index (χ3n) is 2.06. The first-order valence-corrected chi connectivity index (χ1v) is 5.45. The second-order valence-corrected chi connectivity index (χ2v) is 5.10. The number of benzene rings is 1. The molecule has 1 aromatic carbocycles. The van der Waals surface area contributed by atoms with Crippen molar-refractivity contribution >= 4 is 11.6 Å². The van der Waals surface area contributed by atoms with Crippen LogP contribution in [0.2, 0.25) is 5.02 Å². The second kappa shape index (κ2) is 4.95.